The number of nitrogens with zero attached hydrogens (tertiary/aromatic N) is 3. The van der Waals surface area contributed by atoms with Crippen molar-refractivity contribution >= 4 is 5.90 Å². The van der Waals surface area contributed by atoms with Gasteiger partial charge in [0.15, 0.2) is 11.9 Å². The monoisotopic (exact) mass is 325 g/mol. The predicted molar refractivity (Wildman–Crippen MR) is 71.7 cm³/mol. The average molecular weight is 325 g/mol. The maximum absolute atomic E-state index is 12.1. The van der Waals surface area contributed by atoms with Crippen LogP contribution in [0.1, 0.15) is 18.1 Å². The summed E-state index contributed by atoms with van der Waals surface area (Å²) in [5.74, 6) is 0.461. The fourth-order valence-electron chi connectivity index (χ4n) is 1.95. The lowest BCUT2D eigenvalue weighted by molar-refractivity contribution is -0.274. The van der Waals surface area contributed by atoms with Gasteiger partial charge in [0.25, 0.3) is 0 Å². The maximum atomic E-state index is 12.1. The summed E-state index contributed by atoms with van der Waals surface area (Å²) in [5, 5.41) is 3.80. The normalized spacial score (nSPS) is 17.3. The quantitative estimate of drug-likeness (QED) is 0.867. The van der Waals surface area contributed by atoms with Crippen LogP contribution in [0.5, 0.6) is 11.5 Å². The van der Waals surface area contributed by atoms with Crippen molar-refractivity contribution in [3.05, 3.63) is 48.5 Å². The minimum atomic E-state index is -4.72. The smallest absolute Gasteiger partial charge is 0.436 e. The Morgan fingerprint density at radius 3 is 2.39 bits per heavy atom. The number of hydrogen-bond donors (Lipinski definition) is 0. The topological polar surface area (TPSA) is 65.8 Å². The molecule has 1 atom stereocenters. The molecule has 1 aromatic carbocycles. The highest BCUT2D eigenvalue weighted by Gasteiger charge is 2.31. The molecule has 0 saturated carbocycles. The van der Waals surface area contributed by atoms with E-state index in [9.17, 15) is 13.2 Å². The molecule has 0 unspecified atom stereocenters. The van der Waals surface area contributed by atoms with Crippen LogP contribution in [0.2, 0.25) is 0 Å². The summed E-state index contributed by atoms with van der Waals surface area (Å²) in [4.78, 5) is 12.8. The SMILES string of the molecule is FC(F)(F)Oc1ccc([C@H]2CC(Oc3cncnc3)=NO2)cc1. The van der Waals surface area contributed by atoms with Gasteiger partial charge < -0.3 is 14.3 Å². The Labute approximate surface area is 128 Å². The largest absolute Gasteiger partial charge is 0.573 e. The molecule has 0 N–H and O–H groups in total. The van der Waals surface area contributed by atoms with Crippen molar-refractivity contribution in [2.24, 2.45) is 5.16 Å². The number of alkyl halides is 3. The number of rotatable bonds is 3. The van der Waals surface area contributed by atoms with Crippen LogP contribution in [-0.4, -0.2) is 22.2 Å². The Morgan fingerprint density at radius 2 is 1.74 bits per heavy atom. The van der Waals surface area contributed by atoms with Crippen LogP contribution in [0, 0.1) is 0 Å². The molecule has 2 heterocycles. The van der Waals surface area contributed by atoms with Crippen molar-refractivity contribution in [3.63, 3.8) is 0 Å². The van der Waals surface area contributed by atoms with Crippen molar-refractivity contribution < 1.29 is 27.5 Å². The van der Waals surface area contributed by atoms with E-state index < -0.39 is 12.5 Å². The Kier molecular flexibility index (Phi) is 4.00. The first-order chi connectivity index (χ1) is 11.0. The highest BCUT2D eigenvalue weighted by Crippen LogP contribution is 2.30. The van der Waals surface area contributed by atoms with Gasteiger partial charge in [0.2, 0.25) is 5.90 Å². The van der Waals surface area contributed by atoms with E-state index in [1.165, 1.54) is 43.0 Å². The molecule has 120 valence electrons. The molecule has 23 heavy (non-hydrogen) atoms. The molecule has 2 aromatic rings. The molecule has 0 saturated heterocycles. The van der Waals surface area contributed by atoms with Crippen molar-refractivity contribution in [2.75, 3.05) is 0 Å². The summed E-state index contributed by atoms with van der Waals surface area (Å²) in [6, 6.07) is 5.40. The number of benzene rings is 1. The summed E-state index contributed by atoms with van der Waals surface area (Å²) >= 11 is 0. The van der Waals surface area contributed by atoms with E-state index in [-0.39, 0.29) is 5.75 Å². The van der Waals surface area contributed by atoms with Crippen molar-refractivity contribution in [3.8, 4) is 11.5 Å². The molecular weight excluding hydrogens is 315 g/mol. The van der Waals surface area contributed by atoms with Gasteiger partial charge >= 0.3 is 6.36 Å². The molecule has 6 nitrogen and oxygen atoms in total. The second-order valence-electron chi connectivity index (χ2n) is 4.58. The number of aromatic nitrogens is 2. The molecule has 1 aliphatic rings. The first-order valence-corrected chi connectivity index (χ1v) is 6.51. The Balaban J connectivity index is 1.59. The fraction of sp³-hybridized carbons (Fsp3) is 0.214. The lowest BCUT2D eigenvalue weighted by Crippen LogP contribution is -2.17. The van der Waals surface area contributed by atoms with E-state index in [1.54, 1.807) is 0 Å². The summed E-state index contributed by atoms with van der Waals surface area (Å²) in [5.41, 5.74) is 0.659. The first kappa shape index (κ1) is 15.1. The molecule has 0 fully saturated rings. The molecule has 0 radical (unpaired) electrons. The second-order valence-corrected chi connectivity index (χ2v) is 4.58. The number of hydrogen-bond acceptors (Lipinski definition) is 6. The van der Waals surface area contributed by atoms with Crippen LogP contribution in [0.15, 0.2) is 48.1 Å². The number of halogens is 3. The van der Waals surface area contributed by atoms with Crippen molar-refractivity contribution in [1.29, 1.82) is 0 Å². The van der Waals surface area contributed by atoms with Crippen LogP contribution in [0.4, 0.5) is 13.2 Å². The highest BCUT2D eigenvalue weighted by molar-refractivity contribution is 5.79. The molecule has 0 bridgehead atoms. The van der Waals surface area contributed by atoms with Crippen LogP contribution < -0.4 is 9.47 Å². The summed E-state index contributed by atoms with van der Waals surface area (Å²) in [7, 11) is 0. The van der Waals surface area contributed by atoms with Crippen LogP contribution >= 0.6 is 0 Å². The zero-order chi connectivity index (χ0) is 16.3. The molecule has 9 heteroatoms. The van der Waals surface area contributed by atoms with E-state index in [0.29, 0.717) is 23.6 Å². The molecule has 3 rings (SSSR count). The first-order valence-electron chi connectivity index (χ1n) is 6.51. The van der Waals surface area contributed by atoms with Crippen molar-refractivity contribution in [2.45, 2.75) is 18.9 Å². The summed E-state index contributed by atoms with van der Waals surface area (Å²) in [6.07, 6.45) is -0.484. The third kappa shape index (κ3) is 4.09. The lowest BCUT2D eigenvalue weighted by Gasteiger charge is -2.11. The minimum Gasteiger partial charge on any atom is -0.436 e. The molecule has 1 aliphatic heterocycles. The van der Waals surface area contributed by atoms with Gasteiger partial charge in [0, 0.05) is 0 Å². The molecule has 0 aliphatic carbocycles. The summed E-state index contributed by atoms with van der Waals surface area (Å²) < 4.78 is 45.6. The fourth-order valence-corrected chi connectivity index (χ4v) is 1.95. The molecule has 1 aromatic heterocycles. The number of ether oxygens (including phenoxy) is 2. The lowest BCUT2D eigenvalue weighted by atomic mass is 10.1. The molecule has 0 amide bonds. The van der Waals surface area contributed by atoms with E-state index >= 15 is 0 Å². The van der Waals surface area contributed by atoms with Gasteiger partial charge in [0.05, 0.1) is 18.8 Å². The van der Waals surface area contributed by atoms with Gasteiger partial charge in [-0.05, 0) is 17.7 Å². The Hall–Kier alpha value is -2.84. The van der Waals surface area contributed by atoms with Crippen LogP contribution in [0.3, 0.4) is 0 Å². The maximum Gasteiger partial charge on any atom is 0.573 e. The Bertz CT molecular complexity index is 690. The molecule has 0 spiro atoms. The van der Waals surface area contributed by atoms with E-state index in [4.69, 9.17) is 9.57 Å². The van der Waals surface area contributed by atoms with Gasteiger partial charge in [-0.1, -0.05) is 17.3 Å². The highest BCUT2D eigenvalue weighted by atomic mass is 19.4. The van der Waals surface area contributed by atoms with Gasteiger partial charge in [-0.25, -0.2) is 9.97 Å². The molecular formula is C14H10F3N3O3. The predicted octanol–water partition coefficient (Wildman–Crippen LogP) is 3.23. The second kappa shape index (κ2) is 6.11. The zero-order valence-electron chi connectivity index (χ0n) is 11.5. The van der Waals surface area contributed by atoms with Gasteiger partial charge in [-0.3, -0.25) is 0 Å². The van der Waals surface area contributed by atoms with Gasteiger partial charge in [0.1, 0.15) is 12.1 Å². The summed E-state index contributed by atoms with van der Waals surface area (Å²) in [6.45, 7) is 0. The third-order valence-corrected chi connectivity index (χ3v) is 2.90. The van der Waals surface area contributed by atoms with Crippen LogP contribution in [-0.2, 0) is 4.84 Å². The van der Waals surface area contributed by atoms with Crippen molar-refractivity contribution in [1.82, 2.24) is 9.97 Å². The van der Waals surface area contributed by atoms with Gasteiger partial charge in [-0.2, -0.15) is 0 Å². The van der Waals surface area contributed by atoms with E-state index in [0.717, 1.165) is 0 Å². The van der Waals surface area contributed by atoms with E-state index in [2.05, 4.69) is 19.9 Å². The third-order valence-electron chi connectivity index (χ3n) is 2.90. The average Bonchev–Trinajstić information content (AvgIpc) is 2.96. The zero-order valence-corrected chi connectivity index (χ0v) is 11.5. The minimum absolute atomic E-state index is 0.293. The van der Waals surface area contributed by atoms with Gasteiger partial charge in [-0.15, -0.1) is 13.2 Å². The number of oxime groups is 1. The Morgan fingerprint density at radius 1 is 1.04 bits per heavy atom. The van der Waals surface area contributed by atoms with E-state index in [1.807, 2.05) is 0 Å². The van der Waals surface area contributed by atoms with Crippen LogP contribution in [0.25, 0.3) is 0 Å². The standard InChI is InChI=1S/C14H10F3N3O3/c15-14(16,17)22-10-3-1-9(2-4-10)12-5-13(20-23-12)21-11-6-18-8-19-7-11/h1-4,6-8,12H,5H2/t12-/m1/s1.